The Morgan fingerprint density at radius 2 is 1.96 bits per heavy atom. The van der Waals surface area contributed by atoms with Crippen LogP contribution in [0.3, 0.4) is 0 Å². The van der Waals surface area contributed by atoms with Crippen molar-refractivity contribution in [1.82, 2.24) is 0 Å². The van der Waals surface area contributed by atoms with Crippen molar-refractivity contribution < 1.29 is 31.6 Å². The van der Waals surface area contributed by atoms with Crippen LogP contribution in [0, 0.1) is 29.6 Å². The third-order valence-corrected chi connectivity index (χ3v) is 7.30. The maximum atomic E-state index is 13.3. The lowest BCUT2D eigenvalue weighted by Crippen LogP contribution is -2.62. The van der Waals surface area contributed by atoms with Crippen LogP contribution in [0.15, 0.2) is 0 Å². The lowest BCUT2D eigenvalue weighted by molar-refractivity contribution is -0.213. The molecule has 4 saturated carbocycles. The first-order valence-corrected chi connectivity index (χ1v) is 9.67. The molecule has 0 heterocycles. The molecule has 4 aliphatic rings. The summed E-state index contributed by atoms with van der Waals surface area (Å²) >= 11 is 0. The van der Waals surface area contributed by atoms with Gasteiger partial charge >= 0.3 is 15.4 Å². The zero-order valence-corrected chi connectivity index (χ0v) is 13.9. The van der Waals surface area contributed by atoms with E-state index in [-0.39, 0.29) is 24.4 Å². The number of hydrogen-bond acceptors (Lipinski definition) is 4. The normalized spacial score (nSPS) is 43.1. The summed E-state index contributed by atoms with van der Waals surface area (Å²) < 4.78 is 61.2. The molecule has 0 spiro atoms. The molecule has 0 aromatic carbocycles. The van der Waals surface area contributed by atoms with Crippen molar-refractivity contribution in [3.63, 3.8) is 0 Å². The molecule has 0 aromatic heterocycles. The van der Waals surface area contributed by atoms with Gasteiger partial charge < -0.3 is 9.84 Å². The Morgan fingerprint density at radius 1 is 1.26 bits per heavy atom. The van der Waals surface area contributed by atoms with Crippen molar-refractivity contribution in [2.75, 3.05) is 13.2 Å². The van der Waals surface area contributed by atoms with E-state index >= 15 is 0 Å². The maximum absolute atomic E-state index is 13.3. The molecular weight excluding hydrogens is 330 g/mol. The number of alkyl halides is 2. The van der Waals surface area contributed by atoms with E-state index in [0.717, 1.165) is 25.7 Å². The van der Waals surface area contributed by atoms with Gasteiger partial charge in [0.25, 0.3) is 0 Å². The highest BCUT2D eigenvalue weighted by atomic mass is 32.2. The van der Waals surface area contributed by atoms with Gasteiger partial charge in [0.05, 0.1) is 12.2 Å². The highest BCUT2D eigenvalue weighted by Gasteiger charge is 2.59. The second-order valence-corrected chi connectivity index (χ2v) is 9.06. The molecule has 23 heavy (non-hydrogen) atoms. The summed E-state index contributed by atoms with van der Waals surface area (Å²) in [6.07, 6.45) is 4.50. The van der Waals surface area contributed by atoms with E-state index in [4.69, 9.17) is 9.29 Å². The van der Waals surface area contributed by atoms with Crippen LogP contribution in [0.4, 0.5) is 8.78 Å². The largest absolute Gasteiger partial charge is 0.392 e. The minimum absolute atomic E-state index is 0.00218. The van der Waals surface area contributed by atoms with E-state index in [9.17, 15) is 22.3 Å². The van der Waals surface area contributed by atoms with E-state index in [2.05, 4.69) is 0 Å². The summed E-state index contributed by atoms with van der Waals surface area (Å²) in [5.74, 6) is 1.24. The van der Waals surface area contributed by atoms with Crippen LogP contribution < -0.4 is 0 Å². The van der Waals surface area contributed by atoms with Crippen molar-refractivity contribution in [2.24, 2.45) is 29.6 Å². The van der Waals surface area contributed by atoms with Crippen LogP contribution in [0.25, 0.3) is 0 Å². The zero-order chi connectivity index (χ0) is 17.0. The van der Waals surface area contributed by atoms with Crippen molar-refractivity contribution in [3.05, 3.63) is 0 Å². The Hall–Kier alpha value is -0.310. The molecule has 4 aliphatic carbocycles. The summed E-state index contributed by atoms with van der Waals surface area (Å²) in [5.41, 5.74) is -0.757. The predicted molar refractivity (Wildman–Crippen MR) is 78.5 cm³/mol. The maximum Gasteiger partial charge on any atom is 0.392 e. The molecule has 5 nitrogen and oxygen atoms in total. The van der Waals surface area contributed by atoms with Gasteiger partial charge in [0.2, 0.25) is 0 Å². The van der Waals surface area contributed by atoms with E-state index in [1.54, 1.807) is 0 Å². The smallest absolute Gasteiger partial charge is 0.389 e. The summed E-state index contributed by atoms with van der Waals surface area (Å²) in [6.45, 7) is 0.605. The zero-order valence-electron chi connectivity index (χ0n) is 13.1. The number of rotatable bonds is 6. The monoisotopic (exact) mass is 354 g/mol. The molecule has 6 atom stereocenters. The minimum Gasteiger partial charge on any atom is -0.389 e. The molecule has 4 fully saturated rings. The van der Waals surface area contributed by atoms with Gasteiger partial charge in [-0.05, 0) is 61.7 Å². The molecular formula is C15H24F2O5S. The van der Waals surface area contributed by atoms with Crippen LogP contribution in [-0.2, 0) is 14.9 Å². The molecule has 2 N–H and O–H groups in total. The topological polar surface area (TPSA) is 83.8 Å². The Morgan fingerprint density at radius 3 is 2.57 bits per heavy atom. The average molecular weight is 354 g/mol. The molecule has 4 rings (SSSR count). The highest BCUT2D eigenvalue weighted by molar-refractivity contribution is 7.86. The lowest BCUT2D eigenvalue weighted by Gasteiger charge is -2.62. The molecule has 6 unspecified atom stereocenters. The Bertz CT molecular complexity index is 566. The van der Waals surface area contributed by atoms with Crippen molar-refractivity contribution >= 4 is 10.1 Å². The first kappa shape index (κ1) is 17.5. The Labute approximate surface area is 135 Å². The molecule has 8 heteroatoms. The van der Waals surface area contributed by atoms with Gasteiger partial charge in [0.15, 0.2) is 0 Å². The van der Waals surface area contributed by atoms with Gasteiger partial charge in [0.1, 0.15) is 6.61 Å². The number of ether oxygens (including phenoxy) is 1. The Balaban J connectivity index is 1.67. The van der Waals surface area contributed by atoms with E-state index in [1.807, 2.05) is 6.92 Å². The second-order valence-electron chi connectivity index (χ2n) is 7.51. The van der Waals surface area contributed by atoms with Gasteiger partial charge in [-0.15, -0.1) is 0 Å². The van der Waals surface area contributed by atoms with E-state index in [1.165, 1.54) is 0 Å². The minimum atomic E-state index is -5.46. The van der Waals surface area contributed by atoms with Crippen LogP contribution in [0.2, 0.25) is 0 Å². The molecule has 0 aromatic rings. The van der Waals surface area contributed by atoms with Crippen molar-refractivity contribution in [2.45, 2.75) is 49.9 Å². The van der Waals surface area contributed by atoms with Gasteiger partial charge in [-0.2, -0.15) is 17.2 Å². The Kier molecular flexibility index (Phi) is 4.27. The highest BCUT2D eigenvalue weighted by Crippen LogP contribution is 2.61. The van der Waals surface area contributed by atoms with Gasteiger partial charge in [-0.1, -0.05) is 6.92 Å². The molecule has 0 aliphatic heterocycles. The molecule has 0 radical (unpaired) electrons. The van der Waals surface area contributed by atoms with Gasteiger partial charge in [-0.3, -0.25) is 4.55 Å². The third kappa shape index (κ3) is 2.81. The summed E-state index contributed by atoms with van der Waals surface area (Å²) in [4.78, 5) is 0. The molecule has 4 bridgehead atoms. The van der Waals surface area contributed by atoms with Crippen LogP contribution in [-0.4, -0.2) is 42.1 Å². The van der Waals surface area contributed by atoms with Crippen LogP contribution >= 0.6 is 0 Å². The average Bonchev–Trinajstić information content (AvgIpc) is 2.45. The fourth-order valence-corrected chi connectivity index (χ4v) is 5.60. The third-order valence-electron chi connectivity index (χ3n) is 6.42. The quantitative estimate of drug-likeness (QED) is 0.715. The predicted octanol–water partition coefficient (Wildman–Crippen LogP) is 2.31. The summed E-state index contributed by atoms with van der Waals surface area (Å²) in [5, 5.41) is 6.73. The lowest BCUT2D eigenvalue weighted by atomic mass is 9.45. The first-order valence-electron chi connectivity index (χ1n) is 8.23. The standard InChI is InChI=1S/C15H24F2O5S/c1-2-14(18)11-4-9-3-10(6-11)12(13(14)5-9)7-22-8-15(16,17)23(19,20)21/h9-13,18H,2-8H2,1H3,(H,19,20,21). The van der Waals surface area contributed by atoms with Gasteiger partial charge in [-0.25, -0.2) is 0 Å². The first-order chi connectivity index (χ1) is 10.6. The fraction of sp³-hybridized carbons (Fsp3) is 1.00. The van der Waals surface area contributed by atoms with E-state index in [0.29, 0.717) is 18.3 Å². The summed E-state index contributed by atoms with van der Waals surface area (Å²) in [6, 6.07) is 0. The molecule has 0 amide bonds. The molecule has 0 saturated heterocycles. The van der Waals surface area contributed by atoms with Crippen LogP contribution in [0.1, 0.15) is 39.0 Å². The number of hydrogen-bond donors (Lipinski definition) is 2. The second kappa shape index (κ2) is 5.61. The summed E-state index contributed by atoms with van der Waals surface area (Å²) in [7, 11) is -5.46. The van der Waals surface area contributed by atoms with Crippen molar-refractivity contribution in [3.8, 4) is 0 Å². The van der Waals surface area contributed by atoms with E-state index < -0.39 is 27.6 Å². The van der Waals surface area contributed by atoms with Crippen molar-refractivity contribution in [1.29, 1.82) is 0 Å². The molecule has 134 valence electrons. The number of aliphatic hydroxyl groups is 1. The van der Waals surface area contributed by atoms with Gasteiger partial charge in [0, 0.05) is 0 Å². The number of halogens is 2. The van der Waals surface area contributed by atoms with Crippen LogP contribution in [0.5, 0.6) is 0 Å². The fourth-order valence-electron chi connectivity index (χ4n) is 5.37. The SMILES string of the molecule is CCC1(O)C2CC3CC(C2)C(COCC(F)(F)S(=O)(=O)O)C1C3.